The number of aryl methyl sites for hydroxylation is 2. The van der Waals surface area contributed by atoms with E-state index >= 15 is 0 Å². The van der Waals surface area contributed by atoms with Gasteiger partial charge in [-0.05, 0) is 26.8 Å². The minimum absolute atomic E-state index is 0.0662. The van der Waals surface area contributed by atoms with Crippen LogP contribution in [-0.4, -0.2) is 22.6 Å². The van der Waals surface area contributed by atoms with Crippen LogP contribution in [-0.2, 0) is 4.74 Å². The molecule has 0 spiro atoms. The van der Waals surface area contributed by atoms with Crippen LogP contribution in [0.25, 0.3) is 11.3 Å². The van der Waals surface area contributed by atoms with Gasteiger partial charge in [-0.25, -0.2) is 9.78 Å². The van der Waals surface area contributed by atoms with Gasteiger partial charge < -0.3 is 4.74 Å². The van der Waals surface area contributed by atoms with Crippen molar-refractivity contribution >= 4 is 17.5 Å². The summed E-state index contributed by atoms with van der Waals surface area (Å²) in [7, 11) is 0. The Bertz CT molecular complexity index is 742. The van der Waals surface area contributed by atoms with E-state index in [0.29, 0.717) is 11.3 Å². The highest BCUT2D eigenvalue weighted by Gasteiger charge is 2.25. The topological polar surface area (TPSA) is 94.4 Å². The summed E-state index contributed by atoms with van der Waals surface area (Å²) in [6.07, 6.45) is -0.740. The Hall–Kier alpha value is -2.96. The number of nitro groups is 1. The Labute approximate surface area is 133 Å². The van der Waals surface area contributed by atoms with E-state index in [1.54, 1.807) is 26.0 Å². The van der Waals surface area contributed by atoms with Gasteiger partial charge in [0.2, 0.25) is 0 Å². The number of anilines is 1. The van der Waals surface area contributed by atoms with Crippen molar-refractivity contribution in [2.24, 2.45) is 0 Å². The minimum atomic E-state index is -0.740. The van der Waals surface area contributed by atoms with E-state index in [0.717, 1.165) is 5.56 Å². The molecule has 0 fully saturated rings. The first-order valence-electron chi connectivity index (χ1n) is 7.09. The largest absolute Gasteiger partial charge is 0.450 e. The first-order chi connectivity index (χ1) is 10.9. The normalized spacial score (nSPS) is 10.2. The third-order valence-corrected chi connectivity index (χ3v) is 3.14. The van der Waals surface area contributed by atoms with Crippen LogP contribution >= 0.6 is 0 Å². The van der Waals surface area contributed by atoms with Gasteiger partial charge >= 0.3 is 11.8 Å². The quantitative estimate of drug-likeness (QED) is 0.683. The highest BCUT2D eigenvalue weighted by Crippen LogP contribution is 2.35. The van der Waals surface area contributed by atoms with Crippen LogP contribution in [0.3, 0.4) is 0 Å². The molecule has 0 unspecified atom stereocenters. The molecular formula is C16H17N3O4. The molecule has 0 bridgehead atoms. The molecule has 120 valence electrons. The number of nitrogens with one attached hydrogen (secondary N) is 1. The molecule has 1 amide bonds. The fourth-order valence-electron chi connectivity index (χ4n) is 2.14. The second-order valence-corrected chi connectivity index (χ2v) is 4.98. The molecule has 0 atom stereocenters. The van der Waals surface area contributed by atoms with Crippen LogP contribution in [0.1, 0.15) is 18.2 Å². The van der Waals surface area contributed by atoms with Gasteiger partial charge in [-0.2, -0.15) is 0 Å². The van der Waals surface area contributed by atoms with Crippen molar-refractivity contribution < 1.29 is 14.5 Å². The van der Waals surface area contributed by atoms with Crippen LogP contribution < -0.4 is 5.32 Å². The van der Waals surface area contributed by atoms with E-state index in [1.807, 2.05) is 19.1 Å². The van der Waals surface area contributed by atoms with Crippen molar-refractivity contribution in [3.05, 3.63) is 51.7 Å². The number of carbonyl (C=O) groups is 1. The van der Waals surface area contributed by atoms with Gasteiger partial charge in [0.05, 0.1) is 11.5 Å². The zero-order valence-corrected chi connectivity index (χ0v) is 13.1. The maximum atomic E-state index is 11.6. The molecule has 1 aromatic heterocycles. The van der Waals surface area contributed by atoms with Crippen LogP contribution in [0.2, 0.25) is 0 Å². The third-order valence-electron chi connectivity index (χ3n) is 3.14. The number of benzene rings is 1. The lowest BCUT2D eigenvalue weighted by Gasteiger charge is -2.10. The Morgan fingerprint density at radius 2 is 1.96 bits per heavy atom. The van der Waals surface area contributed by atoms with Crippen LogP contribution in [0.4, 0.5) is 16.2 Å². The van der Waals surface area contributed by atoms with Crippen molar-refractivity contribution in [1.82, 2.24) is 4.98 Å². The van der Waals surface area contributed by atoms with Gasteiger partial charge in [0, 0.05) is 11.3 Å². The monoisotopic (exact) mass is 315 g/mol. The Balaban J connectivity index is 2.57. The molecule has 0 aliphatic carbocycles. The molecule has 0 radical (unpaired) electrons. The highest BCUT2D eigenvalue weighted by molar-refractivity contribution is 5.91. The van der Waals surface area contributed by atoms with Crippen molar-refractivity contribution in [3.63, 3.8) is 0 Å². The van der Waals surface area contributed by atoms with Crippen LogP contribution in [0.5, 0.6) is 0 Å². The van der Waals surface area contributed by atoms with E-state index in [4.69, 9.17) is 4.74 Å². The van der Waals surface area contributed by atoms with Gasteiger partial charge in [-0.15, -0.1) is 0 Å². The molecule has 1 heterocycles. The summed E-state index contributed by atoms with van der Waals surface area (Å²) in [5.41, 5.74) is 2.22. The van der Waals surface area contributed by atoms with Gasteiger partial charge in [-0.3, -0.25) is 15.4 Å². The van der Waals surface area contributed by atoms with Crippen molar-refractivity contribution in [2.75, 3.05) is 11.9 Å². The molecule has 0 saturated heterocycles. The van der Waals surface area contributed by atoms with Gasteiger partial charge in [0.1, 0.15) is 5.69 Å². The minimum Gasteiger partial charge on any atom is -0.450 e. The SMILES string of the molecule is CCOC(=O)Nc1cc(C)nc(-c2ccc(C)cc2)c1[N+](=O)[O-]. The molecule has 23 heavy (non-hydrogen) atoms. The first-order valence-corrected chi connectivity index (χ1v) is 7.09. The summed E-state index contributed by atoms with van der Waals surface area (Å²) in [6.45, 7) is 5.46. The molecule has 1 aromatic carbocycles. The average molecular weight is 315 g/mol. The Morgan fingerprint density at radius 1 is 1.30 bits per heavy atom. The van der Waals surface area contributed by atoms with Gasteiger partial charge in [0.15, 0.2) is 5.69 Å². The Kier molecular flexibility index (Phi) is 4.90. The molecule has 0 saturated carbocycles. The predicted octanol–water partition coefficient (Wildman–Crippen LogP) is 3.84. The fraction of sp³-hybridized carbons (Fsp3) is 0.250. The molecule has 0 aliphatic heterocycles. The number of rotatable bonds is 4. The number of carbonyl (C=O) groups excluding carboxylic acids is 1. The van der Waals surface area contributed by atoms with E-state index < -0.39 is 11.0 Å². The average Bonchev–Trinajstić information content (AvgIpc) is 2.47. The molecule has 0 aliphatic rings. The maximum Gasteiger partial charge on any atom is 0.411 e. The lowest BCUT2D eigenvalue weighted by atomic mass is 10.1. The molecule has 7 nitrogen and oxygen atoms in total. The number of hydrogen-bond acceptors (Lipinski definition) is 5. The van der Waals surface area contributed by atoms with Crippen LogP contribution in [0, 0.1) is 24.0 Å². The smallest absolute Gasteiger partial charge is 0.411 e. The number of ether oxygens (including phenoxy) is 1. The molecule has 1 N–H and O–H groups in total. The maximum absolute atomic E-state index is 11.6. The number of aromatic nitrogens is 1. The summed E-state index contributed by atoms with van der Waals surface area (Å²) in [6, 6.07) is 8.67. The van der Waals surface area contributed by atoms with Crippen molar-refractivity contribution in [3.8, 4) is 11.3 Å². The number of amides is 1. The summed E-state index contributed by atoms with van der Waals surface area (Å²) in [5, 5.41) is 13.9. The van der Waals surface area contributed by atoms with Crippen molar-refractivity contribution in [1.29, 1.82) is 0 Å². The summed E-state index contributed by atoms with van der Waals surface area (Å²) >= 11 is 0. The standard InChI is InChI=1S/C16H17N3O4/c1-4-23-16(20)18-13-9-11(3)17-14(15(13)19(21)22)12-7-5-10(2)6-8-12/h5-9H,4H2,1-3H3,(H,17,18,20). The van der Waals surface area contributed by atoms with Crippen molar-refractivity contribution in [2.45, 2.75) is 20.8 Å². The second kappa shape index (κ2) is 6.87. The van der Waals surface area contributed by atoms with Gasteiger partial charge in [-0.1, -0.05) is 29.8 Å². The number of hydrogen-bond donors (Lipinski definition) is 1. The summed E-state index contributed by atoms with van der Waals surface area (Å²) < 4.78 is 4.79. The molecule has 7 heteroatoms. The zero-order chi connectivity index (χ0) is 17.0. The van der Waals surface area contributed by atoms with Crippen LogP contribution in [0.15, 0.2) is 30.3 Å². The highest BCUT2D eigenvalue weighted by atomic mass is 16.6. The van der Waals surface area contributed by atoms with E-state index in [2.05, 4.69) is 10.3 Å². The summed E-state index contributed by atoms with van der Waals surface area (Å²) in [5.74, 6) is 0. The summed E-state index contributed by atoms with van der Waals surface area (Å²) in [4.78, 5) is 26.8. The first kappa shape index (κ1) is 16.4. The number of pyridine rings is 1. The zero-order valence-electron chi connectivity index (χ0n) is 13.1. The lowest BCUT2D eigenvalue weighted by Crippen LogP contribution is -2.15. The van der Waals surface area contributed by atoms with E-state index in [-0.39, 0.29) is 23.7 Å². The molecule has 2 rings (SSSR count). The lowest BCUT2D eigenvalue weighted by molar-refractivity contribution is -0.383. The Morgan fingerprint density at radius 3 is 2.52 bits per heavy atom. The number of nitrogens with zero attached hydrogens (tertiary/aromatic N) is 2. The predicted molar refractivity (Wildman–Crippen MR) is 86.4 cm³/mol. The second-order valence-electron chi connectivity index (χ2n) is 4.98. The fourth-order valence-corrected chi connectivity index (χ4v) is 2.14. The van der Waals surface area contributed by atoms with E-state index in [1.165, 1.54) is 6.07 Å². The van der Waals surface area contributed by atoms with Gasteiger partial charge in [0.25, 0.3) is 0 Å². The third kappa shape index (κ3) is 3.82. The molecule has 2 aromatic rings. The van der Waals surface area contributed by atoms with E-state index in [9.17, 15) is 14.9 Å². The molecular weight excluding hydrogens is 298 g/mol.